The van der Waals surface area contributed by atoms with Crippen LogP contribution in [0.4, 0.5) is 0 Å². The minimum absolute atomic E-state index is 0.169. The van der Waals surface area contributed by atoms with Gasteiger partial charge >= 0.3 is 0 Å². The molecule has 0 bridgehead atoms. The van der Waals surface area contributed by atoms with E-state index in [0.717, 1.165) is 19.5 Å². The van der Waals surface area contributed by atoms with E-state index < -0.39 is 0 Å². The van der Waals surface area contributed by atoms with Gasteiger partial charge in [0.15, 0.2) is 0 Å². The van der Waals surface area contributed by atoms with Gasteiger partial charge in [0.05, 0.1) is 17.4 Å². The van der Waals surface area contributed by atoms with Crippen molar-refractivity contribution in [3.63, 3.8) is 0 Å². The van der Waals surface area contributed by atoms with Gasteiger partial charge in [-0.3, -0.25) is 4.90 Å². The number of aromatic nitrogens is 2. The van der Waals surface area contributed by atoms with E-state index in [9.17, 15) is 0 Å². The van der Waals surface area contributed by atoms with Crippen LogP contribution >= 0.6 is 12.2 Å². The minimum atomic E-state index is 0.169. The lowest BCUT2D eigenvalue weighted by Crippen LogP contribution is -2.39. The summed E-state index contributed by atoms with van der Waals surface area (Å²) >= 11 is 4.95. The van der Waals surface area contributed by atoms with Gasteiger partial charge < -0.3 is 10.3 Å². The van der Waals surface area contributed by atoms with E-state index in [2.05, 4.69) is 14.5 Å². The van der Waals surface area contributed by atoms with Gasteiger partial charge in [-0.25, -0.2) is 4.98 Å². The van der Waals surface area contributed by atoms with Crippen molar-refractivity contribution in [1.29, 1.82) is 0 Å². The predicted octanol–water partition coefficient (Wildman–Crippen LogP) is 0.880. The van der Waals surface area contributed by atoms with Crippen molar-refractivity contribution in [2.75, 3.05) is 13.6 Å². The van der Waals surface area contributed by atoms with E-state index in [-0.39, 0.29) is 6.04 Å². The Balaban J connectivity index is 2.22. The first-order chi connectivity index (χ1) is 7.11. The summed E-state index contributed by atoms with van der Waals surface area (Å²) in [4.78, 5) is 6.71. The summed E-state index contributed by atoms with van der Waals surface area (Å²) in [5, 5.41) is 0. The molecule has 4 nitrogen and oxygen atoms in total. The molecule has 1 atom stereocenters. The Morgan fingerprint density at radius 1 is 1.67 bits per heavy atom. The maximum absolute atomic E-state index is 5.58. The standard InChI is InChI=1S/C10H18N4S/c1-9(10(11)15)13(2)5-3-6-14-7-4-12-8-14/h4,7-9H,3,5-6H2,1-2H3,(H2,11,15). The average molecular weight is 226 g/mol. The number of rotatable bonds is 6. The van der Waals surface area contributed by atoms with Crippen LogP contribution in [0, 0.1) is 0 Å². The molecule has 1 heterocycles. The highest BCUT2D eigenvalue weighted by Crippen LogP contribution is 1.99. The molecule has 0 spiro atoms. The Kier molecular flexibility index (Phi) is 4.71. The van der Waals surface area contributed by atoms with Crippen LogP contribution in [-0.2, 0) is 6.54 Å². The third-order valence-electron chi connectivity index (χ3n) is 2.56. The lowest BCUT2D eigenvalue weighted by molar-refractivity contribution is 0.301. The molecular formula is C10H18N4S. The molecule has 0 amide bonds. The molecule has 1 aromatic heterocycles. The molecule has 0 aliphatic carbocycles. The van der Waals surface area contributed by atoms with Crippen LogP contribution in [0.2, 0.25) is 0 Å². The quantitative estimate of drug-likeness (QED) is 0.732. The van der Waals surface area contributed by atoms with E-state index in [1.165, 1.54) is 0 Å². The highest BCUT2D eigenvalue weighted by molar-refractivity contribution is 7.80. The van der Waals surface area contributed by atoms with Crippen molar-refractivity contribution < 1.29 is 0 Å². The molecule has 15 heavy (non-hydrogen) atoms. The fourth-order valence-corrected chi connectivity index (χ4v) is 1.51. The zero-order valence-electron chi connectivity index (χ0n) is 9.26. The fourth-order valence-electron chi connectivity index (χ4n) is 1.33. The highest BCUT2D eigenvalue weighted by atomic mass is 32.1. The molecule has 1 unspecified atom stereocenters. The summed E-state index contributed by atoms with van der Waals surface area (Å²) in [5.41, 5.74) is 5.58. The zero-order valence-corrected chi connectivity index (χ0v) is 10.1. The van der Waals surface area contributed by atoms with Gasteiger partial charge in [0.2, 0.25) is 0 Å². The number of nitrogens with zero attached hydrogens (tertiary/aromatic N) is 3. The lowest BCUT2D eigenvalue weighted by Gasteiger charge is -2.23. The summed E-state index contributed by atoms with van der Waals surface area (Å²) in [6.45, 7) is 3.99. The molecule has 5 heteroatoms. The molecule has 0 aliphatic rings. The molecule has 1 aromatic rings. The largest absolute Gasteiger partial charge is 0.392 e. The number of hydrogen-bond acceptors (Lipinski definition) is 3. The molecule has 84 valence electrons. The number of aryl methyl sites for hydroxylation is 1. The maximum atomic E-state index is 5.58. The zero-order chi connectivity index (χ0) is 11.3. The van der Waals surface area contributed by atoms with Gasteiger partial charge in [-0.15, -0.1) is 0 Å². The molecule has 1 rings (SSSR count). The molecule has 0 aliphatic heterocycles. The van der Waals surface area contributed by atoms with Crippen LogP contribution in [-0.4, -0.2) is 39.1 Å². The Bertz CT molecular complexity index is 296. The Morgan fingerprint density at radius 2 is 2.40 bits per heavy atom. The monoisotopic (exact) mass is 226 g/mol. The molecule has 0 saturated heterocycles. The van der Waals surface area contributed by atoms with E-state index in [0.29, 0.717) is 4.99 Å². The van der Waals surface area contributed by atoms with E-state index in [1.807, 2.05) is 26.5 Å². The number of hydrogen-bond donors (Lipinski definition) is 1. The number of likely N-dealkylation sites (N-methyl/N-ethyl adjacent to an activating group) is 1. The number of imidazole rings is 1. The fraction of sp³-hybridized carbons (Fsp3) is 0.600. The highest BCUT2D eigenvalue weighted by Gasteiger charge is 2.10. The van der Waals surface area contributed by atoms with Crippen LogP contribution in [0.25, 0.3) is 0 Å². The Labute approximate surface area is 96.1 Å². The van der Waals surface area contributed by atoms with Crippen molar-refractivity contribution in [2.45, 2.75) is 25.9 Å². The summed E-state index contributed by atoms with van der Waals surface area (Å²) in [5.74, 6) is 0. The summed E-state index contributed by atoms with van der Waals surface area (Å²) < 4.78 is 2.07. The normalized spacial score (nSPS) is 13.0. The molecule has 0 radical (unpaired) electrons. The lowest BCUT2D eigenvalue weighted by atomic mass is 10.3. The van der Waals surface area contributed by atoms with Crippen molar-refractivity contribution in [2.24, 2.45) is 5.73 Å². The van der Waals surface area contributed by atoms with Crippen molar-refractivity contribution >= 4 is 17.2 Å². The van der Waals surface area contributed by atoms with Gasteiger partial charge in [0.1, 0.15) is 0 Å². The van der Waals surface area contributed by atoms with E-state index in [4.69, 9.17) is 18.0 Å². The first-order valence-corrected chi connectivity index (χ1v) is 5.47. The van der Waals surface area contributed by atoms with Crippen LogP contribution in [0.5, 0.6) is 0 Å². The van der Waals surface area contributed by atoms with E-state index >= 15 is 0 Å². The first-order valence-electron chi connectivity index (χ1n) is 5.06. The SMILES string of the molecule is CC(C(N)=S)N(C)CCCn1ccnc1. The van der Waals surface area contributed by atoms with Gasteiger partial charge in [0, 0.05) is 25.5 Å². The van der Waals surface area contributed by atoms with Gasteiger partial charge in [-0.2, -0.15) is 0 Å². The van der Waals surface area contributed by atoms with Crippen LogP contribution < -0.4 is 5.73 Å². The molecular weight excluding hydrogens is 208 g/mol. The first kappa shape index (κ1) is 12.1. The predicted molar refractivity (Wildman–Crippen MR) is 65.7 cm³/mol. The molecule has 2 N–H and O–H groups in total. The third-order valence-corrected chi connectivity index (χ3v) is 2.90. The average Bonchev–Trinajstić information content (AvgIpc) is 2.69. The second-order valence-electron chi connectivity index (χ2n) is 3.71. The van der Waals surface area contributed by atoms with Gasteiger partial charge in [-0.05, 0) is 20.4 Å². The van der Waals surface area contributed by atoms with Crippen LogP contribution in [0.3, 0.4) is 0 Å². The number of thiocarbonyl (C=S) groups is 1. The Morgan fingerprint density at radius 3 is 2.93 bits per heavy atom. The molecule has 0 aromatic carbocycles. The smallest absolute Gasteiger partial charge is 0.0945 e. The third kappa shape index (κ3) is 3.97. The van der Waals surface area contributed by atoms with Gasteiger partial charge in [0.25, 0.3) is 0 Å². The summed E-state index contributed by atoms with van der Waals surface area (Å²) in [6, 6.07) is 0.169. The van der Waals surface area contributed by atoms with Crippen molar-refractivity contribution in [3.05, 3.63) is 18.7 Å². The molecule has 0 fully saturated rings. The molecule has 0 saturated carbocycles. The maximum Gasteiger partial charge on any atom is 0.0945 e. The van der Waals surface area contributed by atoms with Crippen LogP contribution in [0.15, 0.2) is 18.7 Å². The Hall–Kier alpha value is -0.940. The number of nitrogens with two attached hydrogens (primary N) is 1. The van der Waals surface area contributed by atoms with Gasteiger partial charge in [-0.1, -0.05) is 12.2 Å². The minimum Gasteiger partial charge on any atom is -0.392 e. The summed E-state index contributed by atoms with van der Waals surface area (Å²) in [6.07, 6.45) is 6.66. The van der Waals surface area contributed by atoms with E-state index in [1.54, 1.807) is 6.20 Å². The summed E-state index contributed by atoms with van der Waals surface area (Å²) in [7, 11) is 2.04. The van der Waals surface area contributed by atoms with Crippen molar-refractivity contribution in [3.8, 4) is 0 Å². The second kappa shape index (κ2) is 5.82. The topological polar surface area (TPSA) is 47.1 Å². The van der Waals surface area contributed by atoms with Crippen LogP contribution in [0.1, 0.15) is 13.3 Å². The van der Waals surface area contributed by atoms with Crippen molar-refractivity contribution in [1.82, 2.24) is 14.5 Å². The second-order valence-corrected chi connectivity index (χ2v) is 4.18.